The SMILES string of the molecule is N#Cc1cc2c(nc1C#N)nc(C(F)(F)F)n2O. The van der Waals surface area contributed by atoms with Gasteiger partial charge in [0, 0.05) is 0 Å². The highest BCUT2D eigenvalue weighted by Gasteiger charge is 2.38. The molecule has 0 aliphatic carbocycles. The summed E-state index contributed by atoms with van der Waals surface area (Å²) in [5, 5.41) is 26.7. The Morgan fingerprint density at radius 3 is 2.39 bits per heavy atom. The third-order valence-electron chi connectivity index (χ3n) is 2.10. The van der Waals surface area contributed by atoms with E-state index in [2.05, 4.69) is 9.97 Å². The van der Waals surface area contributed by atoms with E-state index < -0.39 is 23.2 Å². The number of nitriles is 2. The number of alkyl halides is 3. The zero-order chi connectivity index (χ0) is 13.5. The Bertz CT molecular complexity index is 719. The second-order valence-electron chi connectivity index (χ2n) is 3.20. The molecule has 0 saturated heterocycles. The molecule has 0 spiro atoms. The maximum atomic E-state index is 12.5. The van der Waals surface area contributed by atoms with E-state index in [0.29, 0.717) is 0 Å². The molecule has 0 bridgehead atoms. The normalized spacial score (nSPS) is 11.2. The van der Waals surface area contributed by atoms with Crippen LogP contribution in [0.5, 0.6) is 0 Å². The van der Waals surface area contributed by atoms with Crippen molar-refractivity contribution in [2.75, 3.05) is 0 Å². The standard InChI is InChI=1S/C9H2F3N5O/c10-9(11,12)8-16-7-6(17(8)18)1-4(2-13)5(3-14)15-7/h1,18H. The fraction of sp³-hybridized carbons (Fsp3) is 0.111. The first-order chi connectivity index (χ1) is 8.38. The van der Waals surface area contributed by atoms with Crippen molar-refractivity contribution in [2.24, 2.45) is 0 Å². The second-order valence-corrected chi connectivity index (χ2v) is 3.20. The van der Waals surface area contributed by atoms with Crippen molar-refractivity contribution in [3.05, 3.63) is 23.1 Å². The Hall–Kier alpha value is -2.81. The van der Waals surface area contributed by atoms with Crippen molar-refractivity contribution in [3.63, 3.8) is 0 Å². The summed E-state index contributed by atoms with van der Waals surface area (Å²) in [5.74, 6) is -1.57. The highest BCUT2D eigenvalue weighted by Crippen LogP contribution is 2.30. The van der Waals surface area contributed by atoms with Gasteiger partial charge in [-0.05, 0) is 6.07 Å². The van der Waals surface area contributed by atoms with Crippen molar-refractivity contribution in [3.8, 4) is 12.1 Å². The quantitative estimate of drug-likeness (QED) is 0.716. The number of rotatable bonds is 0. The predicted octanol–water partition coefficient (Wildman–Crippen LogP) is 1.43. The predicted molar refractivity (Wildman–Crippen MR) is 49.1 cm³/mol. The minimum absolute atomic E-state index is 0.204. The van der Waals surface area contributed by atoms with Crippen molar-refractivity contribution in [1.29, 1.82) is 10.5 Å². The third kappa shape index (κ3) is 1.58. The summed E-state index contributed by atoms with van der Waals surface area (Å²) >= 11 is 0. The second kappa shape index (κ2) is 3.60. The van der Waals surface area contributed by atoms with E-state index in [9.17, 15) is 18.4 Å². The Morgan fingerprint density at radius 2 is 1.89 bits per heavy atom. The molecule has 1 N–H and O–H groups in total. The summed E-state index contributed by atoms with van der Waals surface area (Å²) in [6.07, 6.45) is -4.87. The van der Waals surface area contributed by atoms with Crippen molar-refractivity contribution >= 4 is 11.2 Å². The lowest BCUT2D eigenvalue weighted by molar-refractivity contribution is -0.153. The summed E-state index contributed by atoms with van der Waals surface area (Å²) in [4.78, 5) is 6.57. The van der Waals surface area contributed by atoms with E-state index >= 15 is 0 Å². The van der Waals surface area contributed by atoms with Crippen LogP contribution in [0.3, 0.4) is 0 Å². The maximum Gasteiger partial charge on any atom is 0.453 e. The lowest BCUT2D eigenvalue weighted by Gasteiger charge is -2.03. The number of imidazole rings is 1. The number of fused-ring (bicyclic) bond motifs is 1. The largest absolute Gasteiger partial charge is 0.453 e. The number of hydrogen-bond acceptors (Lipinski definition) is 5. The smallest absolute Gasteiger partial charge is 0.426 e. The summed E-state index contributed by atoms with van der Waals surface area (Å²) in [5.41, 5.74) is -1.44. The molecule has 0 radical (unpaired) electrons. The molecular formula is C9H2F3N5O. The zero-order valence-electron chi connectivity index (χ0n) is 8.39. The number of halogens is 3. The number of nitrogens with zero attached hydrogens (tertiary/aromatic N) is 5. The molecule has 2 rings (SSSR count). The van der Waals surface area contributed by atoms with E-state index in [0.717, 1.165) is 6.07 Å². The first-order valence-electron chi connectivity index (χ1n) is 4.38. The van der Waals surface area contributed by atoms with Crippen LogP contribution in [0, 0.1) is 22.7 Å². The molecule has 0 aliphatic heterocycles. The molecule has 6 nitrogen and oxygen atoms in total. The van der Waals surface area contributed by atoms with Gasteiger partial charge in [-0.2, -0.15) is 28.4 Å². The van der Waals surface area contributed by atoms with Crippen LogP contribution in [-0.4, -0.2) is 19.9 Å². The first kappa shape index (κ1) is 11.7. The zero-order valence-corrected chi connectivity index (χ0v) is 8.39. The van der Waals surface area contributed by atoms with Crippen LogP contribution in [0.2, 0.25) is 0 Å². The molecule has 0 aromatic carbocycles. The molecule has 90 valence electrons. The summed E-state index contributed by atoms with van der Waals surface area (Å²) in [6, 6.07) is 4.08. The van der Waals surface area contributed by atoms with Crippen LogP contribution in [-0.2, 0) is 6.18 Å². The molecule has 18 heavy (non-hydrogen) atoms. The van der Waals surface area contributed by atoms with Gasteiger partial charge in [0.15, 0.2) is 11.3 Å². The van der Waals surface area contributed by atoms with Gasteiger partial charge in [-0.15, -0.1) is 0 Å². The summed E-state index contributed by atoms with van der Waals surface area (Å²) in [6.45, 7) is 0. The maximum absolute atomic E-state index is 12.5. The molecule has 0 unspecified atom stereocenters. The molecule has 0 amide bonds. The van der Waals surface area contributed by atoms with Gasteiger partial charge >= 0.3 is 6.18 Å². The molecule has 0 atom stereocenters. The molecule has 0 fully saturated rings. The number of pyridine rings is 1. The first-order valence-corrected chi connectivity index (χ1v) is 4.38. The average Bonchev–Trinajstić information content (AvgIpc) is 2.64. The van der Waals surface area contributed by atoms with Crippen LogP contribution >= 0.6 is 0 Å². The molecule has 2 aromatic heterocycles. The highest BCUT2D eigenvalue weighted by atomic mass is 19.4. The fourth-order valence-corrected chi connectivity index (χ4v) is 1.35. The van der Waals surface area contributed by atoms with Gasteiger partial charge in [-0.3, -0.25) is 0 Å². The van der Waals surface area contributed by atoms with Crippen LogP contribution in [0.15, 0.2) is 6.07 Å². The van der Waals surface area contributed by atoms with Gasteiger partial charge in [-0.25, -0.2) is 9.97 Å². The van der Waals surface area contributed by atoms with Crippen molar-refractivity contribution in [1.82, 2.24) is 14.7 Å². The molecule has 0 saturated carbocycles. The van der Waals surface area contributed by atoms with Crippen LogP contribution in [0.25, 0.3) is 11.2 Å². The molecule has 9 heteroatoms. The summed E-state index contributed by atoms with van der Waals surface area (Å²) in [7, 11) is 0. The molecule has 2 heterocycles. The van der Waals surface area contributed by atoms with Crippen LogP contribution in [0.1, 0.15) is 17.1 Å². The lowest BCUT2D eigenvalue weighted by atomic mass is 10.2. The van der Waals surface area contributed by atoms with Gasteiger partial charge < -0.3 is 5.21 Å². The van der Waals surface area contributed by atoms with Crippen LogP contribution < -0.4 is 0 Å². The molecule has 2 aromatic rings. The monoisotopic (exact) mass is 253 g/mol. The van der Waals surface area contributed by atoms with Crippen molar-refractivity contribution < 1.29 is 18.4 Å². The Balaban J connectivity index is 2.84. The topological polar surface area (TPSA) is 98.5 Å². The minimum atomic E-state index is -4.87. The van der Waals surface area contributed by atoms with Crippen LogP contribution in [0.4, 0.5) is 13.2 Å². The van der Waals surface area contributed by atoms with E-state index in [-0.39, 0.29) is 16.0 Å². The Labute approximate surface area is 97.1 Å². The van der Waals surface area contributed by atoms with Gasteiger partial charge in [0.1, 0.15) is 17.7 Å². The fourth-order valence-electron chi connectivity index (χ4n) is 1.35. The number of hydrogen-bond donors (Lipinski definition) is 1. The van der Waals surface area contributed by atoms with Gasteiger partial charge in [-0.1, -0.05) is 0 Å². The van der Waals surface area contributed by atoms with E-state index in [1.165, 1.54) is 0 Å². The van der Waals surface area contributed by atoms with Gasteiger partial charge in [0.2, 0.25) is 0 Å². The highest BCUT2D eigenvalue weighted by molar-refractivity contribution is 5.74. The third-order valence-corrected chi connectivity index (χ3v) is 2.10. The lowest BCUT2D eigenvalue weighted by Crippen LogP contribution is -2.13. The van der Waals surface area contributed by atoms with Gasteiger partial charge in [0.05, 0.1) is 5.56 Å². The molecular weight excluding hydrogens is 251 g/mol. The number of aromatic nitrogens is 3. The Kier molecular flexibility index (Phi) is 2.33. The van der Waals surface area contributed by atoms with E-state index in [1.54, 1.807) is 12.1 Å². The van der Waals surface area contributed by atoms with E-state index in [1.807, 2.05) is 0 Å². The van der Waals surface area contributed by atoms with E-state index in [4.69, 9.17) is 10.5 Å². The van der Waals surface area contributed by atoms with Gasteiger partial charge in [0.25, 0.3) is 5.82 Å². The van der Waals surface area contributed by atoms with Crippen molar-refractivity contribution in [2.45, 2.75) is 6.18 Å². The molecule has 0 aliphatic rings. The average molecular weight is 253 g/mol. The Morgan fingerprint density at radius 1 is 1.22 bits per heavy atom. The summed E-state index contributed by atoms with van der Waals surface area (Å²) < 4.78 is 37.1. The minimum Gasteiger partial charge on any atom is -0.426 e.